The molecule has 1 heterocycles. The Bertz CT molecular complexity index is 657. The Morgan fingerprint density at radius 2 is 2.14 bits per heavy atom. The first-order chi connectivity index (χ1) is 10.5. The minimum Gasteiger partial charge on any atom is -0.338 e. The zero-order valence-corrected chi connectivity index (χ0v) is 13.9. The Labute approximate surface area is 139 Å². The van der Waals surface area contributed by atoms with Crippen molar-refractivity contribution in [1.29, 1.82) is 0 Å². The summed E-state index contributed by atoms with van der Waals surface area (Å²) in [5.41, 5.74) is 1.77. The van der Waals surface area contributed by atoms with Gasteiger partial charge < -0.3 is 10.6 Å². The summed E-state index contributed by atoms with van der Waals surface area (Å²) < 4.78 is 1.74. The number of carbonyl (C=O) groups is 1. The number of urea groups is 1. The fourth-order valence-electron chi connectivity index (χ4n) is 2.08. The van der Waals surface area contributed by atoms with Crippen LogP contribution in [-0.4, -0.2) is 22.4 Å². The van der Waals surface area contributed by atoms with Crippen LogP contribution in [-0.2, 0) is 13.5 Å². The second-order valence-electron chi connectivity index (χ2n) is 5.02. The number of hydrogen-bond acceptors (Lipinski definition) is 2. The molecule has 118 valence electrons. The van der Waals surface area contributed by atoms with Crippen molar-refractivity contribution >= 4 is 29.2 Å². The molecule has 7 heteroatoms. The average Bonchev–Trinajstić information content (AvgIpc) is 2.84. The summed E-state index contributed by atoms with van der Waals surface area (Å²) in [6.45, 7) is 2.39. The maximum Gasteiger partial charge on any atom is 0.315 e. The van der Waals surface area contributed by atoms with E-state index < -0.39 is 0 Å². The van der Waals surface area contributed by atoms with Gasteiger partial charge in [-0.1, -0.05) is 29.3 Å². The van der Waals surface area contributed by atoms with Crippen molar-refractivity contribution in [3.63, 3.8) is 0 Å². The molecular formula is C15H18Cl2N4O. The standard InChI is InChI=1S/C15H18Cl2N4O/c1-10(13-4-3-11(16)9-14(13)17)19-15(22)18-7-5-12-6-8-21(2)20-12/h3-4,6,8-10H,5,7H2,1-2H3,(H2,18,19,22)/t10-/m1/s1. The molecule has 1 atom stereocenters. The molecule has 0 bridgehead atoms. The molecular weight excluding hydrogens is 323 g/mol. The van der Waals surface area contributed by atoms with E-state index in [2.05, 4.69) is 15.7 Å². The third-order valence-corrected chi connectivity index (χ3v) is 3.77. The fourth-order valence-corrected chi connectivity index (χ4v) is 2.65. The highest BCUT2D eigenvalue weighted by atomic mass is 35.5. The molecule has 0 fully saturated rings. The molecule has 2 rings (SSSR count). The fraction of sp³-hybridized carbons (Fsp3) is 0.333. The van der Waals surface area contributed by atoms with Crippen molar-refractivity contribution in [2.75, 3.05) is 6.54 Å². The van der Waals surface area contributed by atoms with Gasteiger partial charge >= 0.3 is 6.03 Å². The van der Waals surface area contributed by atoms with Crippen molar-refractivity contribution in [2.45, 2.75) is 19.4 Å². The van der Waals surface area contributed by atoms with Crippen LogP contribution in [0.15, 0.2) is 30.5 Å². The normalized spacial score (nSPS) is 12.0. The van der Waals surface area contributed by atoms with Gasteiger partial charge in [-0.25, -0.2) is 4.79 Å². The first kappa shape index (κ1) is 16.6. The first-order valence-electron chi connectivity index (χ1n) is 6.93. The third kappa shape index (κ3) is 4.64. The Hall–Kier alpha value is -1.72. The number of hydrogen-bond donors (Lipinski definition) is 2. The maximum atomic E-state index is 11.9. The monoisotopic (exact) mass is 340 g/mol. The summed E-state index contributed by atoms with van der Waals surface area (Å²) in [5, 5.41) is 11.0. The minimum absolute atomic E-state index is 0.209. The second-order valence-corrected chi connectivity index (χ2v) is 5.86. The zero-order chi connectivity index (χ0) is 16.1. The third-order valence-electron chi connectivity index (χ3n) is 3.21. The smallest absolute Gasteiger partial charge is 0.315 e. The van der Waals surface area contributed by atoms with Gasteiger partial charge in [0, 0.05) is 36.3 Å². The molecule has 0 aliphatic rings. The quantitative estimate of drug-likeness (QED) is 0.876. The van der Waals surface area contributed by atoms with Gasteiger partial charge in [0.1, 0.15) is 0 Å². The molecule has 0 aliphatic carbocycles. The van der Waals surface area contributed by atoms with Crippen molar-refractivity contribution in [2.24, 2.45) is 7.05 Å². The molecule has 2 amide bonds. The summed E-state index contributed by atoms with van der Waals surface area (Å²) in [6, 6.07) is 6.70. The van der Waals surface area contributed by atoms with Crippen LogP contribution in [0.25, 0.3) is 0 Å². The second kappa shape index (κ2) is 7.51. The van der Waals surface area contributed by atoms with E-state index in [1.807, 2.05) is 32.3 Å². The van der Waals surface area contributed by atoms with E-state index in [9.17, 15) is 4.79 Å². The number of aromatic nitrogens is 2. The van der Waals surface area contributed by atoms with E-state index in [1.165, 1.54) is 0 Å². The molecule has 0 saturated heterocycles. The number of benzene rings is 1. The molecule has 0 spiro atoms. The number of amides is 2. The lowest BCUT2D eigenvalue weighted by Gasteiger charge is -2.16. The highest BCUT2D eigenvalue weighted by molar-refractivity contribution is 6.35. The van der Waals surface area contributed by atoms with Crippen molar-refractivity contribution < 1.29 is 4.79 Å². The van der Waals surface area contributed by atoms with Gasteiger partial charge in [0.15, 0.2) is 0 Å². The topological polar surface area (TPSA) is 59.0 Å². The van der Waals surface area contributed by atoms with Crippen LogP contribution in [0.3, 0.4) is 0 Å². The molecule has 1 aromatic carbocycles. The predicted octanol–water partition coefficient (Wildman–Crippen LogP) is 3.33. The van der Waals surface area contributed by atoms with E-state index in [4.69, 9.17) is 23.2 Å². The number of rotatable bonds is 5. The average molecular weight is 341 g/mol. The molecule has 0 unspecified atom stereocenters. The number of aryl methyl sites for hydroxylation is 1. The van der Waals surface area contributed by atoms with Crippen LogP contribution in [0.2, 0.25) is 10.0 Å². The summed E-state index contributed by atoms with van der Waals surface area (Å²) in [6.07, 6.45) is 2.56. The van der Waals surface area contributed by atoms with Crippen LogP contribution in [0.1, 0.15) is 24.2 Å². The SMILES string of the molecule is C[C@@H](NC(=O)NCCc1ccn(C)n1)c1ccc(Cl)cc1Cl. The number of nitrogens with one attached hydrogen (secondary N) is 2. The van der Waals surface area contributed by atoms with E-state index in [0.29, 0.717) is 23.0 Å². The molecule has 2 aromatic rings. The van der Waals surface area contributed by atoms with Crippen molar-refractivity contribution in [3.8, 4) is 0 Å². The van der Waals surface area contributed by atoms with Crippen LogP contribution < -0.4 is 10.6 Å². The lowest BCUT2D eigenvalue weighted by Crippen LogP contribution is -2.38. The zero-order valence-electron chi connectivity index (χ0n) is 12.4. The molecule has 0 aliphatic heterocycles. The largest absolute Gasteiger partial charge is 0.338 e. The summed E-state index contributed by atoms with van der Waals surface area (Å²) >= 11 is 12.0. The Balaban J connectivity index is 1.81. The lowest BCUT2D eigenvalue weighted by molar-refractivity contribution is 0.238. The van der Waals surface area contributed by atoms with Gasteiger partial charge in [-0.15, -0.1) is 0 Å². The number of carbonyl (C=O) groups excluding carboxylic acids is 1. The molecule has 22 heavy (non-hydrogen) atoms. The van der Waals surface area contributed by atoms with Gasteiger partial charge in [0.05, 0.1) is 11.7 Å². The number of nitrogens with zero attached hydrogens (tertiary/aromatic N) is 2. The van der Waals surface area contributed by atoms with Gasteiger partial charge in [-0.3, -0.25) is 4.68 Å². The van der Waals surface area contributed by atoms with Crippen molar-refractivity contribution in [3.05, 3.63) is 51.8 Å². The molecule has 1 aromatic heterocycles. The van der Waals surface area contributed by atoms with Crippen LogP contribution in [0.5, 0.6) is 0 Å². The van der Waals surface area contributed by atoms with E-state index >= 15 is 0 Å². The summed E-state index contributed by atoms with van der Waals surface area (Å²) in [5.74, 6) is 0. The van der Waals surface area contributed by atoms with E-state index in [0.717, 1.165) is 11.3 Å². The predicted molar refractivity (Wildman–Crippen MR) is 88.3 cm³/mol. The van der Waals surface area contributed by atoms with Crippen LogP contribution in [0, 0.1) is 0 Å². The Morgan fingerprint density at radius 3 is 2.77 bits per heavy atom. The maximum absolute atomic E-state index is 11.9. The molecule has 0 saturated carbocycles. The highest BCUT2D eigenvalue weighted by Crippen LogP contribution is 2.25. The minimum atomic E-state index is -0.241. The van der Waals surface area contributed by atoms with Gasteiger partial charge in [0.25, 0.3) is 0 Å². The lowest BCUT2D eigenvalue weighted by atomic mass is 10.1. The van der Waals surface area contributed by atoms with Crippen LogP contribution >= 0.6 is 23.2 Å². The van der Waals surface area contributed by atoms with Crippen LogP contribution in [0.4, 0.5) is 4.79 Å². The summed E-state index contributed by atoms with van der Waals surface area (Å²) in [4.78, 5) is 11.9. The van der Waals surface area contributed by atoms with Crippen molar-refractivity contribution in [1.82, 2.24) is 20.4 Å². The Morgan fingerprint density at radius 1 is 1.36 bits per heavy atom. The molecule has 5 nitrogen and oxygen atoms in total. The highest BCUT2D eigenvalue weighted by Gasteiger charge is 2.12. The van der Waals surface area contributed by atoms with Gasteiger partial charge in [0.2, 0.25) is 0 Å². The molecule has 2 N–H and O–H groups in total. The van der Waals surface area contributed by atoms with Gasteiger partial charge in [-0.2, -0.15) is 5.10 Å². The van der Waals surface area contributed by atoms with E-state index in [1.54, 1.807) is 16.8 Å². The number of halogens is 2. The molecule has 0 radical (unpaired) electrons. The summed E-state index contributed by atoms with van der Waals surface area (Å²) in [7, 11) is 1.86. The van der Waals surface area contributed by atoms with E-state index in [-0.39, 0.29) is 12.1 Å². The first-order valence-corrected chi connectivity index (χ1v) is 7.69. The Kier molecular flexibility index (Phi) is 5.69. The van der Waals surface area contributed by atoms with Gasteiger partial charge in [-0.05, 0) is 30.7 Å².